The number of nitrogens with one attached hydrogen (secondary N) is 1. The number of carbonyl (C=O) groups is 2. The van der Waals surface area contributed by atoms with Crippen LogP contribution in [0.3, 0.4) is 0 Å². The number of Topliss-reactive ketones (excluding diaryl/α,β-unsaturated/α-hetero) is 1. The molecule has 0 amide bonds. The molecule has 24 heavy (non-hydrogen) atoms. The first kappa shape index (κ1) is 15.8. The van der Waals surface area contributed by atoms with Gasteiger partial charge in [0.15, 0.2) is 6.10 Å². The fourth-order valence-corrected chi connectivity index (χ4v) is 2.54. The van der Waals surface area contributed by atoms with Crippen LogP contribution in [0.15, 0.2) is 54.7 Å². The van der Waals surface area contributed by atoms with Crippen molar-refractivity contribution in [2.45, 2.75) is 13.0 Å². The van der Waals surface area contributed by atoms with E-state index in [2.05, 4.69) is 9.72 Å². The molecule has 0 saturated heterocycles. The Morgan fingerprint density at radius 1 is 1.04 bits per heavy atom. The Morgan fingerprint density at radius 3 is 2.46 bits per heavy atom. The van der Waals surface area contributed by atoms with Gasteiger partial charge >= 0.3 is 5.97 Å². The number of fused-ring (bicyclic) bond motifs is 1. The van der Waals surface area contributed by atoms with E-state index in [0.29, 0.717) is 16.9 Å². The Balaban J connectivity index is 1.75. The zero-order chi connectivity index (χ0) is 17.1. The maximum Gasteiger partial charge on any atom is 0.337 e. The van der Waals surface area contributed by atoms with Crippen molar-refractivity contribution in [3.05, 3.63) is 65.9 Å². The molecular formula is C19H17NO4. The standard InChI is InChI=1S/C19H17NO4/c1-12(24-14-9-7-13(8-10-14)19(22)23-2)18(21)16-11-20-17-6-4-3-5-15(16)17/h3-12,20H,1-2H3/t12-/m0/s1. The van der Waals surface area contributed by atoms with Gasteiger partial charge < -0.3 is 14.5 Å². The zero-order valence-corrected chi connectivity index (χ0v) is 13.4. The lowest BCUT2D eigenvalue weighted by molar-refractivity contribution is 0.0600. The lowest BCUT2D eigenvalue weighted by atomic mass is 10.1. The van der Waals surface area contributed by atoms with Crippen LogP contribution in [0.25, 0.3) is 10.9 Å². The van der Waals surface area contributed by atoms with Crippen LogP contribution in [-0.2, 0) is 4.74 Å². The molecule has 5 heteroatoms. The Hall–Kier alpha value is -3.08. The van der Waals surface area contributed by atoms with Gasteiger partial charge in [-0.25, -0.2) is 4.79 Å². The van der Waals surface area contributed by atoms with Crippen molar-refractivity contribution in [3.8, 4) is 5.75 Å². The largest absolute Gasteiger partial charge is 0.483 e. The van der Waals surface area contributed by atoms with Crippen molar-refractivity contribution < 1.29 is 19.1 Å². The molecule has 0 saturated carbocycles. The summed E-state index contributed by atoms with van der Waals surface area (Å²) in [6.07, 6.45) is 1.06. The van der Waals surface area contributed by atoms with Gasteiger partial charge in [-0.05, 0) is 37.3 Å². The first-order valence-electron chi connectivity index (χ1n) is 7.55. The summed E-state index contributed by atoms with van der Waals surface area (Å²) in [7, 11) is 1.33. The van der Waals surface area contributed by atoms with Crippen molar-refractivity contribution >= 4 is 22.7 Å². The maximum absolute atomic E-state index is 12.6. The first-order chi connectivity index (χ1) is 11.6. The first-order valence-corrected chi connectivity index (χ1v) is 7.55. The molecule has 0 aliphatic heterocycles. The molecule has 0 aliphatic rings. The van der Waals surface area contributed by atoms with Gasteiger partial charge in [0.25, 0.3) is 0 Å². The zero-order valence-electron chi connectivity index (χ0n) is 13.4. The molecule has 3 aromatic rings. The van der Waals surface area contributed by atoms with Gasteiger partial charge in [0, 0.05) is 22.7 Å². The number of aromatic nitrogens is 1. The second-order valence-corrected chi connectivity index (χ2v) is 5.39. The van der Waals surface area contributed by atoms with Crippen LogP contribution in [0, 0.1) is 0 Å². The molecule has 0 bridgehead atoms. The lowest BCUT2D eigenvalue weighted by Gasteiger charge is -2.13. The SMILES string of the molecule is COC(=O)c1ccc(O[C@@H](C)C(=O)c2c[nH]c3ccccc23)cc1. The average molecular weight is 323 g/mol. The molecule has 0 spiro atoms. The third kappa shape index (κ3) is 3.01. The molecule has 122 valence electrons. The summed E-state index contributed by atoms with van der Waals surface area (Å²) in [5, 5.41) is 0.874. The molecule has 0 radical (unpaired) electrons. The smallest absolute Gasteiger partial charge is 0.337 e. The van der Waals surface area contributed by atoms with Gasteiger partial charge in [-0.1, -0.05) is 18.2 Å². The van der Waals surface area contributed by atoms with Crippen LogP contribution in [-0.4, -0.2) is 30.0 Å². The third-order valence-electron chi connectivity index (χ3n) is 3.81. The molecule has 1 atom stereocenters. The van der Waals surface area contributed by atoms with Crippen molar-refractivity contribution in [2.24, 2.45) is 0 Å². The molecular weight excluding hydrogens is 306 g/mol. The van der Waals surface area contributed by atoms with E-state index in [0.717, 1.165) is 10.9 Å². The number of H-pyrrole nitrogens is 1. The second-order valence-electron chi connectivity index (χ2n) is 5.39. The molecule has 1 heterocycles. The number of benzene rings is 2. The minimum Gasteiger partial charge on any atom is -0.483 e. The van der Waals surface area contributed by atoms with Crippen LogP contribution in [0.5, 0.6) is 5.75 Å². The van der Waals surface area contributed by atoms with Gasteiger partial charge in [0.2, 0.25) is 5.78 Å². The summed E-state index contributed by atoms with van der Waals surface area (Å²) < 4.78 is 10.3. The summed E-state index contributed by atoms with van der Waals surface area (Å²) in [6, 6.07) is 14.1. The number of ketones is 1. The van der Waals surface area contributed by atoms with Crippen LogP contribution in [0.1, 0.15) is 27.6 Å². The van der Waals surface area contributed by atoms with Gasteiger partial charge in [0.1, 0.15) is 5.75 Å². The van der Waals surface area contributed by atoms with Gasteiger partial charge in [0.05, 0.1) is 12.7 Å². The number of aromatic amines is 1. The van der Waals surface area contributed by atoms with E-state index in [1.54, 1.807) is 37.4 Å². The van der Waals surface area contributed by atoms with E-state index in [1.165, 1.54) is 7.11 Å². The summed E-state index contributed by atoms with van der Waals surface area (Å²) in [5.74, 6) is -0.00249. The fraction of sp³-hybridized carbons (Fsp3) is 0.158. The molecule has 1 N–H and O–H groups in total. The van der Waals surface area contributed by atoms with E-state index in [1.807, 2.05) is 24.3 Å². The molecule has 0 fully saturated rings. The van der Waals surface area contributed by atoms with Crippen LogP contribution < -0.4 is 4.74 Å². The van der Waals surface area contributed by atoms with E-state index < -0.39 is 12.1 Å². The van der Waals surface area contributed by atoms with Gasteiger partial charge in [-0.3, -0.25) is 4.79 Å². The molecule has 2 aromatic carbocycles. The number of hydrogen-bond acceptors (Lipinski definition) is 4. The fourth-order valence-electron chi connectivity index (χ4n) is 2.54. The summed E-state index contributed by atoms with van der Waals surface area (Å²) >= 11 is 0. The highest BCUT2D eigenvalue weighted by Crippen LogP contribution is 2.21. The Bertz CT molecular complexity index is 880. The second kappa shape index (κ2) is 6.58. The molecule has 0 aliphatic carbocycles. The Morgan fingerprint density at radius 2 is 1.75 bits per heavy atom. The topological polar surface area (TPSA) is 68.4 Å². The van der Waals surface area contributed by atoms with E-state index in [4.69, 9.17) is 4.74 Å². The third-order valence-corrected chi connectivity index (χ3v) is 3.81. The minimum absolute atomic E-state index is 0.107. The Labute approximate surface area is 139 Å². The monoisotopic (exact) mass is 323 g/mol. The minimum atomic E-state index is -0.645. The highest BCUT2D eigenvalue weighted by Gasteiger charge is 2.20. The van der Waals surface area contributed by atoms with Crippen LogP contribution in [0.4, 0.5) is 0 Å². The van der Waals surface area contributed by atoms with Crippen molar-refractivity contribution in [1.82, 2.24) is 4.98 Å². The molecule has 3 rings (SSSR count). The van der Waals surface area contributed by atoms with Gasteiger partial charge in [-0.15, -0.1) is 0 Å². The number of carbonyl (C=O) groups excluding carboxylic acids is 2. The van der Waals surface area contributed by atoms with Gasteiger partial charge in [-0.2, -0.15) is 0 Å². The summed E-state index contributed by atoms with van der Waals surface area (Å²) in [5.41, 5.74) is 1.94. The van der Waals surface area contributed by atoms with E-state index >= 15 is 0 Å². The quantitative estimate of drug-likeness (QED) is 0.575. The highest BCUT2D eigenvalue weighted by molar-refractivity contribution is 6.09. The molecule has 0 unspecified atom stereocenters. The van der Waals surface area contributed by atoms with E-state index in [9.17, 15) is 9.59 Å². The highest BCUT2D eigenvalue weighted by atomic mass is 16.5. The Kier molecular flexibility index (Phi) is 4.33. The summed E-state index contributed by atoms with van der Waals surface area (Å²) in [4.78, 5) is 27.1. The number of methoxy groups -OCH3 is 1. The maximum atomic E-state index is 12.6. The lowest BCUT2D eigenvalue weighted by Crippen LogP contribution is -2.23. The average Bonchev–Trinajstić information content (AvgIpc) is 3.05. The molecule has 1 aromatic heterocycles. The predicted octanol–water partition coefficient (Wildman–Crippen LogP) is 3.60. The number of rotatable bonds is 5. The number of hydrogen-bond donors (Lipinski definition) is 1. The predicted molar refractivity (Wildman–Crippen MR) is 90.5 cm³/mol. The van der Waals surface area contributed by atoms with Crippen LogP contribution >= 0.6 is 0 Å². The normalized spacial score (nSPS) is 11.9. The number of para-hydroxylation sites is 1. The van der Waals surface area contributed by atoms with Crippen molar-refractivity contribution in [3.63, 3.8) is 0 Å². The summed E-state index contributed by atoms with van der Waals surface area (Å²) in [6.45, 7) is 1.71. The van der Waals surface area contributed by atoms with E-state index in [-0.39, 0.29) is 5.78 Å². The number of ether oxygens (including phenoxy) is 2. The number of esters is 1. The van der Waals surface area contributed by atoms with Crippen LogP contribution in [0.2, 0.25) is 0 Å². The van der Waals surface area contributed by atoms with Crippen molar-refractivity contribution in [2.75, 3.05) is 7.11 Å². The van der Waals surface area contributed by atoms with Crippen molar-refractivity contribution in [1.29, 1.82) is 0 Å². The molecule has 5 nitrogen and oxygen atoms in total.